The summed E-state index contributed by atoms with van der Waals surface area (Å²) in [5, 5.41) is -0.214. The zero-order valence-corrected chi connectivity index (χ0v) is 35.8. The number of hydrogen-bond acceptors (Lipinski definition) is 8. The Morgan fingerprint density at radius 1 is 0.830 bits per heavy atom. The quantitative estimate of drug-likeness (QED) is 0.126. The third-order valence-electron chi connectivity index (χ3n) is 11.8. The maximum atomic E-state index is 12.3. The Morgan fingerprint density at radius 3 is 1.79 bits per heavy atom. The normalized spacial score (nSPS) is 33.0. The lowest BCUT2D eigenvalue weighted by Gasteiger charge is -2.59. The van der Waals surface area contributed by atoms with E-state index in [2.05, 4.69) is 115 Å². The molecule has 2 saturated heterocycles. The van der Waals surface area contributed by atoms with Gasteiger partial charge in [0.2, 0.25) is 0 Å². The molecule has 0 bridgehead atoms. The first-order chi connectivity index (χ1) is 21.0. The average molecular weight is 713 g/mol. The number of hydrogen-bond donors (Lipinski definition) is 0. The fraction of sp³-hybridized carbons (Fsp3) is 0.889. The van der Waals surface area contributed by atoms with Crippen molar-refractivity contribution in [3.05, 3.63) is 11.6 Å². The standard InChI is InChI=1S/C36H68O8Si3/c1-24-20-26(21-25(2)38)40-36(22-24)23-28(42-45(12,13)33(3,4)5)29-31(41-36)32(44-47(16,17)35(9,10)11)30(27(39-29)18-19-37)43-46(14,15)34(6,7)8/h19,22,26-32H,18,20-21,23H2,1-17H3/t26-,27-,28-,29-,30+,31-,32-,36-/m1/s1. The smallest absolute Gasteiger partial charge is 0.192 e. The van der Waals surface area contributed by atoms with E-state index in [4.69, 9.17) is 27.5 Å². The van der Waals surface area contributed by atoms with Gasteiger partial charge in [0, 0.05) is 19.3 Å². The van der Waals surface area contributed by atoms with Crippen molar-refractivity contribution in [2.45, 2.75) is 205 Å². The lowest BCUT2D eigenvalue weighted by atomic mass is 9.84. The van der Waals surface area contributed by atoms with Crippen molar-refractivity contribution in [1.82, 2.24) is 0 Å². The van der Waals surface area contributed by atoms with E-state index < -0.39 is 61.3 Å². The highest BCUT2D eigenvalue weighted by atomic mass is 28.4. The van der Waals surface area contributed by atoms with Crippen molar-refractivity contribution in [2.75, 3.05) is 0 Å². The minimum Gasteiger partial charge on any atom is -0.411 e. The third-order valence-corrected chi connectivity index (χ3v) is 25.3. The van der Waals surface area contributed by atoms with Gasteiger partial charge in [0.15, 0.2) is 30.7 Å². The number of rotatable bonds is 10. The van der Waals surface area contributed by atoms with Gasteiger partial charge in [0.05, 0.1) is 24.4 Å². The molecule has 8 atom stereocenters. The molecule has 3 heterocycles. The first kappa shape index (κ1) is 40.9. The van der Waals surface area contributed by atoms with Gasteiger partial charge >= 0.3 is 0 Å². The van der Waals surface area contributed by atoms with Crippen molar-refractivity contribution in [3.63, 3.8) is 0 Å². The van der Waals surface area contributed by atoms with Gasteiger partial charge in [-0.05, 0) is 80.7 Å². The molecular formula is C36H68O8Si3. The van der Waals surface area contributed by atoms with Gasteiger partial charge in [0.1, 0.15) is 30.4 Å². The van der Waals surface area contributed by atoms with Crippen LogP contribution >= 0.6 is 0 Å². The molecule has 3 aliphatic rings. The molecule has 2 fully saturated rings. The van der Waals surface area contributed by atoms with Crippen LogP contribution in [0.4, 0.5) is 0 Å². The van der Waals surface area contributed by atoms with Gasteiger partial charge < -0.3 is 32.3 Å². The Labute approximate surface area is 289 Å². The monoisotopic (exact) mass is 712 g/mol. The maximum absolute atomic E-state index is 12.3. The Bertz CT molecular complexity index is 1160. The number of ether oxygens (including phenoxy) is 3. The molecular weight excluding hydrogens is 645 g/mol. The first-order valence-electron chi connectivity index (χ1n) is 17.7. The van der Waals surface area contributed by atoms with E-state index in [1.54, 1.807) is 6.92 Å². The van der Waals surface area contributed by atoms with Gasteiger partial charge in [-0.15, -0.1) is 0 Å². The Kier molecular flexibility index (Phi) is 12.1. The zero-order chi connectivity index (χ0) is 36.2. The summed E-state index contributed by atoms with van der Waals surface area (Å²) in [5.74, 6) is -1.03. The summed E-state index contributed by atoms with van der Waals surface area (Å²) < 4.78 is 42.9. The molecule has 47 heavy (non-hydrogen) atoms. The molecule has 0 aliphatic carbocycles. The second-order valence-electron chi connectivity index (χ2n) is 19.1. The summed E-state index contributed by atoms with van der Waals surface area (Å²) in [6.07, 6.45) is 1.28. The van der Waals surface area contributed by atoms with Crippen molar-refractivity contribution in [1.29, 1.82) is 0 Å². The Morgan fingerprint density at radius 2 is 1.32 bits per heavy atom. The van der Waals surface area contributed by atoms with Gasteiger partial charge in [-0.1, -0.05) is 67.9 Å². The van der Waals surface area contributed by atoms with Crippen LogP contribution in [0.25, 0.3) is 0 Å². The molecule has 1 spiro atoms. The van der Waals surface area contributed by atoms with Crippen LogP contribution in [0.2, 0.25) is 54.4 Å². The van der Waals surface area contributed by atoms with Gasteiger partial charge in [-0.3, -0.25) is 4.79 Å². The summed E-state index contributed by atoms with van der Waals surface area (Å²) in [5.41, 5.74) is 1.12. The molecule has 3 aliphatic heterocycles. The van der Waals surface area contributed by atoms with E-state index in [0.29, 0.717) is 19.3 Å². The second-order valence-corrected chi connectivity index (χ2v) is 33.4. The molecule has 0 saturated carbocycles. The van der Waals surface area contributed by atoms with Crippen LogP contribution in [0.15, 0.2) is 11.6 Å². The molecule has 272 valence electrons. The number of Topliss-reactive ketones (excluding diaryl/α,β-unsaturated/α-hetero) is 1. The van der Waals surface area contributed by atoms with Gasteiger partial charge in [-0.25, -0.2) is 0 Å². The lowest BCUT2D eigenvalue weighted by Crippen LogP contribution is -2.72. The van der Waals surface area contributed by atoms with Gasteiger partial charge in [0.25, 0.3) is 0 Å². The maximum Gasteiger partial charge on any atom is 0.192 e. The minimum atomic E-state index is -2.41. The Hall–Kier alpha value is -0.509. The summed E-state index contributed by atoms with van der Waals surface area (Å²) >= 11 is 0. The third kappa shape index (κ3) is 9.24. The van der Waals surface area contributed by atoms with E-state index in [-0.39, 0.29) is 39.5 Å². The fourth-order valence-electron chi connectivity index (χ4n) is 6.06. The molecule has 0 amide bonds. The number of fused-ring (bicyclic) bond motifs is 1. The molecule has 0 aromatic rings. The first-order valence-corrected chi connectivity index (χ1v) is 26.4. The minimum absolute atomic E-state index is 0.0494. The highest BCUT2D eigenvalue weighted by Crippen LogP contribution is 2.50. The molecule has 3 rings (SSSR count). The van der Waals surface area contributed by atoms with Crippen LogP contribution in [-0.2, 0) is 37.1 Å². The highest BCUT2D eigenvalue weighted by molar-refractivity contribution is 6.75. The highest BCUT2D eigenvalue weighted by Gasteiger charge is 2.62. The number of carbonyl (C=O) groups is 2. The van der Waals surface area contributed by atoms with Crippen LogP contribution in [0.5, 0.6) is 0 Å². The average Bonchev–Trinajstić information content (AvgIpc) is 2.83. The van der Waals surface area contributed by atoms with Crippen LogP contribution in [0.3, 0.4) is 0 Å². The number of ketones is 1. The van der Waals surface area contributed by atoms with E-state index in [0.717, 1.165) is 11.9 Å². The molecule has 0 N–H and O–H groups in total. The lowest BCUT2D eigenvalue weighted by molar-refractivity contribution is -0.354. The molecule has 0 aromatic carbocycles. The van der Waals surface area contributed by atoms with Crippen molar-refractivity contribution < 1.29 is 37.1 Å². The van der Waals surface area contributed by atoms with Crippen LogP contribution in [0.1, 0.15) is 102 Å². The van der Waals surface area contributed by atoms with Gasteiger partial charge in [-0.2, -0.15) is 0 Å². The van der Waals surface area contributed by atoms with Crippen molar-refractivity contribution in [3.8, 4) is 0 Å². The predicted molar refractivity (Wildman–Crippen MR) is 196 cm³/mol. The van der Waals surface area contributed by atoms with E-state index in [1.165, 1.54) is 0 Å². The number of aldehydes is 1. The summed E-state index contributed by atoms with van der Waals surface area (Å²) in [6, 6.07) is 0. The summed E-state index contributed by atoms with van der Waals surface area (Å²) in [4.78, 5) is 24.6. The largest absolute Gasteiger partial charge is 0.411 e. The topological polar surface area (TPSA) is 89.5 Å². The molecule has 8 nitrogen and oxygen atoms in total. The predicted octanol–water partition coefficient (Wildman–Crippen LogP) is 8.71. The van der Waals surface area contributed by atoms with E-state index >= 15 is 0 Å². The van der Waals surface area contributed by atoms with Crippen LogP contribution in [-0.4, -0.2) is 85.5 Å². The number of carbonyl (C=O) groups excluding carboxylic acids is 2. The van der Waals surface area contributed by atoms with Crippen molar-refractivity contribution >= 4 is 37.0 Å². The van der Waals surface area contributed by atoms with E-state index in [1.807, 2.05) is 0 Å². The molecule has 11 heteroatoms. The van der Waals surface area contributed by atoms with Crippen LogP contribution in [0, 0.1) is 0 Å². The summed E-state index contributed by atoms with van der Waals surface area (Å²) in [6.45, 7) is 37.2. The van der Waals surface area contributed by atoms with Crippen LogP contribution < -0.4 is 0 Å². The summed E-state index contributed by atoms with van der Waals surface area (Å²) in [7, 11) is -7.11. The van der Waals surface area contributed by atoms with Crippen molar-refractivity contribution in [2.24, 2.45) is 0 Å². The zero-order valence-electron chi connectivity index (χ0n) is 32.8. The Balaban J connectivity index is 2.26. The SMILES string of the molecule is CC(=O)C[C@H]1CC(C)=C[C@@]2(C[C@@H](O[Si](C)(C)C(C)(C)C)[C@H]3O[C@H](CC=O)[C@H](O[Si](C)(C)C(C)(C)C)[C@@H](O[Si](C)(C)C(C)(C)C)[C@@H]3O2)O1. The molecule has 0 aromatic heterocycles. The second kappa shape index (κ2) is 13.9. The van der Waals surface area contributed by atoms with E-state index in [9.17, 15) is 9.59 Å². The fourth-order valence-corrected chi connectivity index (χ4v) is 10.0. The molecule has 0 unspecified atom stereocenters. The molecule has 0 radical (unpaired) electrons.